The van der Waals surface area contributed by atoms with Gasteiger partial charge in [-0.05, 0) is 24.3 Å². The zero-order chi connectivity index (χ0) is 18.6. The Morgan fingerprint density at radius 1 is 1.07 bits per heavy atom. The van der Waals surface area contributed by atoms with Crippen LogP contribution in [0.2, 0.25) is 0 Å². The van der Waals surface area contributed by atoms with Crippen LogP contribution >= 0.6 is 0 Å². The van der Waals surface area contributed by atoms with Gasteiger partial charge in [0.05, 0.1) is 12.8 Å². The van der Waals surface area contributed by atoms with Crippen LogP contribution in [-0.2, 0) is 4.79 Å². The normalized spacial score (nSPS) is 14.9. The summed E-state index contributed by atoms with van der Waals surface area (Å²) in [6.07, 6.45) is 3.17. The Morgan fingerprint density at radius 3 is 2.59 bits per heavy atom. The lowest BCUT2D eigenvalue weighted by Crippen LogP contribution is -2.48. The van der Waals surface area contributed by atoms with Crippen LogP contribution in [0.4, 0.5) is 5.69 Å². The largest absolute Gasteiger partial charge is 0.495 e. The van der Waals surface area contributed by atoms with Crippen molar-refractivity contribution in [1.29, 1.82) is 0 Å². The van der Waals surface area contributed by atoms with E-state index in [-0.39, 0.29) is 5.91 Å². The quantitative estimate of drug-likeness (QED) is 0.666. The fraction of sp³-hybridized carbons (Fsp3) is 0.238. The van der Waals surface area contributed by atoms with Gasteiger partial charge < -0.3 is 19.0 Å². The monoisotopic (exact) mass is 363 g/mol. The third-order valence-electron chi connectivity index (χ3n) is 4.70. The van der Waals surface area contributed by atoms with Crippen LogP contribution in [0.3, 0.4) is 0 Å². The maximum atomic E-state index is 12.5. The minimum absolute atomic E-state index is 0.0306. The maximum absolute atomic E-state index is 12.5. The topological polar surface area (TPSA) is 58.8 Å². The van der Waals surface area contributed by atoms with Crippen molar-refractivity contribution < 1.29 is 13.9 Å². The number of methoxy groups -OCH3 is 1. The molecule has 2 aromatic carbocycles. The van der Waals surface area contributed by atoms with Crippen molar-refractivity contribution in [1.82, 2.24) is 9.88 Å². The molecule has 0 aliphatic carbocycles. The van der Waals surface area contributed by atoms with E-state index in [4.69, 9.17) is 9.15 Å². The van der Waals surface area contributed by atoms with Gasteiger partial charge in [0.1, 0.15) is 11.3 Å². The number of para-hydroxylation sites is 4. The second kappa shape index (κ2) is 7.53. The van der Waals surface area contributed by atoms with E-state index in [0.29, 0.717) is 19.0 Å². The molecule has 1 aromatic heterocycles. The number of anilines is 1. The molecule has 1 saturated heterocycles. The molecule has 6 heteroatoms. The average molecular weight is 363 g/mol. The second-order valence-corrected chi connectivity index (χ2v) is 6.34. The molecule has 3 aromatic rings. The Balaban J connectivity index is 1.38. The molecule has 0 saturated carbocycles. The number of nitrogens with zero attached hydrogens (tertiary/aromatic N) is 3. The van der Waals surface area contributed by atoms with Gasteiger partial charge in [-0.15, -0.1) is 0 Å². The predicted octanol–water partition coefficient (Wildman–Crippen LogP) is 3.20. The first-order valence-electron chi connectivity index (χ1n) is 8.95. The highest BCUT2D eigenvalue weighted by Crippen LogP contribution is 2.28. The van der Waals surface area contributed by atoms with Gasteiger partial charge in [0.2, 0.25) is 11.8 Å². The SMILES string of the molecule is COc1ccccc1N1CCN(C(=O)/C=C/c2nc3ccccc3o2)CC1. The molecule has 0 bridgehead atoms. The summed E-state index contributed by atoms with van der Waals surface area (Å²) in [4.78, 5) is 20.9. The van der Waals surface area contributed by atoms with E-state index in [1.54, 1.807) is 13.2 Å². The van der Waals surface area contributed by atoms with Gasteiger partial charge in [-0.25, -0.2) is 4.98 Å². The Labute approximate surface area is 157 Å². The number of oxazole rings is 1. The Kier molecular flexibility index (Phi) is 4.78. The van der Waals surface area contributed by atoms with Crippen LogP contribution in [0.15, 0.2) is 59.0 Å². The number of hydrogen-bond donors (Lipinski definition) is 0. The van der Waals surface area contributed by atoms with E-state index in [0.717, 1.165) is 35.6 Å². The summed E-state index contributed by atoms with van der Waals surface area (Å²) < 4.78 is 11.0. The van der Waals surface area contributed by atoms with Crippen molar-refractivity contribution in [3.05, 3.63) is 60.5 Å². The predicted molar refractivity (Wildman–Crippen MR) is 105 cm³/mol. The zero-order valence-electron chi connectivity index (χ0n) is 15.2. The minimum Gasteiger partial charge on any atom is -0.495 e. The van der Waals surface area contributed by atoms with E-state index in [1.165, 1.54) is 6.08 Å². The van der Waals surface area contributed by atoms with Crippen molar-refractivity contribution in [3.63, 3.8) is 0 Å². The summed E-state index contributed by atoms with van der Waals surface area (Å²) in [5.74, 6) is 1.27. The molecule has 4 rings (SSSR count). The van der Waals surface area contributed by atoms with Crippen LogP contribution in [-0.4, -0.2) is 49.1 Å². The van der Waals surface area contributed by atoms with Crippen LogP contribution in [0.1, 0.15) is 5.89 Å². The molecule has 0 N–H and O–H groups in total. The van der Waals surface area contributed by atoms with E-state index in [2.05, 4.69) is 9.88 Å². The lowest BCUT2D eigenvalue weighted by Gasteiger charge is -2.36. The number of rotatable bonds is 4. The number of carbonyl (C=O) groups is 1. The van der Waals surface area contributed by atoms with Gasteiger partial charge in [0, 0.05) is 38.3 Å². The summed E-state index contributed by atoms with van der Waals surface area (Å²) in [6, 6.07) is 15.5. The van der Waals surface area contributed by atoms with E-state index in [1.807, 2.05) is 53.4 Å². The van der Waals surface area contributed by atoms with Gasteiger partial charge in [-0.2, -0.15) is 0 Å². The first-order valence-corrected chi connectivity index (χ1v) is 8.95. The Hall–Kier alpha value is -3.28. The molecule has 27 heavy (non-hydrogen) atoms. The lowest BCUT2D eigenvalue weighted by molar-refractivity contribution is -0.126. The molecule has 2 heterocycles. The van der Waals surface area contributed by atoms with Crippen molar-refractivity contribution in [2.75, 3.05) is 38.2 Å². The average Bonchev–Trinajstić information content (AvgIpc) is 3.15. The molecular formula is C21H21N3O3. The molecule has 1 amide bonds. The number of carbonyl (C=O) groups excluding carboxylic acids is 1. The van der Waals surface area contributed by atoms with E-state index >= 15 is 0 Å². The van der Waals surface area contributed by atoms with Crippen molar-refractivity contribution in [2.24, 2.45) is 0 Å². The van der Waals surface area contributed by atoms with Crippen LogP contribution in [0.25, 0.3) is 17.2 Å². The number of ether oxygens (including phenoxy) is 1. The first-order chi connectivity index (χ1) is 13.2. The third kappa shape index (κ3) is 3.65. The number of amides is 1. The highest BCUT2D eigenvalue weighted by atomic mass is 16.5. The summed E-state index contributed by atoms with van der Waals surface area (Å²) >= 11 is 0. The van der Waals surface area contributed by atoms with Gasteiger partial charge in [-0.3, -0.25) is 4.79 Å². The Bertz CT molecular complexity index is 938. The van der Waals surface area contributed by atoms with Crippen molar-refractivity contribution in [2.45, 2.75) is 0 Å². The fourth-order valence-electron chi connectivity index (χ4n) is 3.27. The number of piperazine rings is 1. The summed E-state index contributed by atoms with van der Waals surface area (Å²) in [5.41, 5.74) is 2.57. The molecule has 6 nitrogen and oxygen atoms in total. The van der Waals surface area contributed by atoms with Gasteiger partial charge in [-0.1, -0.05) is 24.3 Å². The molecule has 0 radical (unpaired) electrons. The summed E-state index contributed by atoms with van der Waals surface area (Å²) in [5, 5.41) is 0. The highest BCUT2D eigenvalue weighted by molar-refractivity contribution is 5.91. The third-order valence-corrected chi connectivity index (χ3v) is 4.70. The molecule has 0 unspecified atom stereocenters. The molecular weight excluding hydrogens is 342 g/mol. The van der Waals surface area contributed by atoms with Gasteiger partial charge in [0.15, 0.2) is 5.58 Å². The first kappa shape index (κ1) is 17.1. The second-order valence-electron chi connectivity index (χ2n) is 6.34. The summed E-state index contributed by atoms with van der Waals surface area (Å²) in [7, 11) is 1.68. The zero-order valence-corrected chi connectivity index (χ0v) is 15.2. The van der Waals surface area contributed by atoms with Crippen molar-refractivity contribution in [3.8, 4) is 5.75 Å². The molecule has 1 fully saturated rings. The van der Waals surface area contributed by atoms with Crippen LogP contribution < -0.4 is 9.64 Å². The highest BCUT2D eigenvalue weighted by Gasteiger charge is 2.21. The molecule has 1 aliphatic heterocycles. The number of hydrogen-bond acceptors (Lipinski definition) is 5. The standard InChI is InChI=1S/C21H21N3O3/c1-26-19-9-5-3-7-17(19)23-12-14-24(15-13-23)21(25)11-10-20-22-16-6-2-4-8-18(16)27-20/h2-11H,12-15H2,1H3/b11-10+. The van der Waals surface area contributed by atoms with E-state index < -0.39 is 0 Å². The molecule has 0 atom stereocenters. The van der Waals surface area contributed by atoms with E-state index in [9.17, 15) is 4.79 Å². The van der Waals surface area contributed by atoms with Gasteiger partial charge in [0.25, 0.3) is 0 Å². The fourth-order valence-corrected chi connectivity index (χ4v) is 3.27. The smallest absolute Gasteiger partial charge is 0.246 e. The van der Waals surface area contributed by atoms with Crippen LogP contribution in [0.5, 0.6) is 5.75 Å². The molecule has 1 aliphatic rings. The lowest BCUT2D eigenvalue weighted by atomic mass is 10.2. The Morgan fingerprint density at radius 2 is 1.81 bits per heavy atom. The molecule has 138 valence electrons. The number of aromatic nitrogens is 1. The molecule has 0 spiro atoms. The number of benzene rings is 2. The van der Waals surface area contributed by atoms with Crippen LogP contribution in [0, 0.1) is 0 Å². The maximum Gasteiger partial charge on any atom is 0.246 e. The summed E-state index contributed by atoms with van der Waals surface area (Å²) in [6.45, 7) is 2.86. The van der Waals surface area contributed by atoms with Gasteiger partial charge >= 0.3 is 0 Å². The van der Waals surface area contributed by atoms with Crippen molar-refractivity contribution >= 4 is 28.8 Å². The minimum atomic E-state index is -0.0306. The number of fused-ring (bicyclic) bond motifs is 1.